The van der Waals surface area contributed by atoms with Gasteiger partial charge in [0.05, 0.1) is 6.10 Å². The van der Waals surface area contributed by atoms with Gasteiger partial charge in [0.15, 0.2) is 5.82 Å². The van der Waals surface area contributed by atoms with E-state index in [0.29, 0.717) is 25.3 Å². The van der Waals surface area contributed by atoms with Crippen molar-refractivity contribution in [2.24, 2.45) is 0 Å². The Balaban J connectivity index is 2.40. The Hall–Kier alpha value is -1.36. The largest absolute Gasteiger partial charge is 0.391 e. The van der Waals surface area contributed by atoms with E-state index in [-0.39, 0.29) is 17.2 Å². The van der Waals surface area contributed by atoms with E-state index in [9.17, 15) is 9.90 Å². The van der Waals surface area contributed by atoms with Crippen LogP contribution >= 0.6 is 0 Å². The second kappa shape index (κ2) is 4.14. The summed E-state index contributed by atoms with van der Waals surface area (Å²) in [6, 6.07) is 0. The molecule has 1 aliphatic heterocycles. The number of aliphatic hydroxyl groups excluding tert-OH is 1. The second-order valence-corrected chi connectivity index (χ2v) is 5.49. The normalized spacial score (nSPS) is 20.9. The molecule has 2 heterocycles. The van der Waals surface area contributed by atoms with Gasteiger partial charge < -0.3 is 14.6 Å². The number of aliphatic hydroxyl groups is 1. The standard InChI is InChI=1S/C12H19N3O2/c1-12(2,3)15-7-5-13-10(11(15)17)14-6-4-9(16)8-14/h5,7,9,16H,4,6,8H2,1-3H3/t9-/m1/s1. The van der Waals surface area contributed by atoms with Crippen LogP contribution in [0.1, 0.15) is 27.2 Å². The van der Waals surface area contributed by atoms with Crippen LogP contribution in [-0.4, -0.2) is 33.9 Å². The monoisotopic (exact) mass is 237 g/mol. The summed E-state index contributed by atoms with van der Waals surface area (Å²) < 4.78 is 1.68. The van der Waals surface area contributed by atoms with E-state index in [4.69, 9.17) is 0 Å². The molecule has 17 heavy (non-hydrogen) atoms. The van der Waals surface area contributed by atoms with E-state index >= 15 is 0 Å². The molecule has 0 unspecified atom stereocenters. The highest BCUT2D eigenvalue weighted by Crippen LogP contribution is 2.16. The summed E-state index contributed by atoms with van der Waals surface area (Å²) in [7, 11) is 0. The molecule has 0 aromatic carbocycles. The van der Waals surface area contributed by atoms with Crippen LogP contribution in [0.4, 0.5) is 5.82 Å². The number of rotatable bonds is 1. The Morgan fingerprint density at radius 1 is 1.47 bits per heavy atom. The lowest BCUT2D eigenvalue weighted by atomic mass is 10.1. The van der Waals surface area contributed by atoms with Gasteiger partial charge in [-0.2, -0.15) is 0 Å². The Bertz CT molecular complexity index is 462. The third-order valence-electron chi connectivity index (χ3n) is 3.01. The van der Waals surface area contributed by atoms with E-state index < -0.39 is 0 Å². The average molecular weight is 237 g/mol. The van der Waals surface area contributed by atoms with E-state index in [2.05, 4.69) is 4.98 Å². The van der Waals surface area contributed by atoms with Gasteiger partial charge in [-0.05, 0) is 27.2 Å². The van der Waals surface area contributed by atoms with Crippen LogP contribution < -0.4 is 10.5 Å². The van der Waals surface area contributed by atoms with Crippen molar-refractivity contribution in [2.75, 3.05) is 18.0 Å². The molecule has 0 bridgehead atoms. The fraction of sp³-hybridized carbons (Fsp3) is 0.667. The first-order chi connectivity index (χ1) is 7.89. The maximum atomic E-state index is 12.3. The van der Waals surface area contributed by atoms with Crippen molar-refractivity contribution in [2.45, 2.75) is 38.8 Å². The zero-order valence-corrected chi connectivity index (χ0v) is 10.6. The van der Waals surface area contributed by atoms with Crippen molar-refractivity contribution in [1.82, 2.24) is 9.55 Å². The van der Waals surface area contributed by atoms with Gasteiger partial charge in [0.25, 0.3) is 5.56 Å². The average Bonchev–Trinajstić information content (AvgIpc) is 2.63. The molecule has 0 radical (unpaired) electrons. The molecule has 1 aliphatic rings. The first-order valence-corrected chi connectivity index (χ1v) is 5.91. The van der Waals surface area contributed by atoms with Crippen LogP contribution in [0.25, 0.3) is 0 Å². The van der Waals surface area contributed by atoms with Gasteiger partial charge in [-0.15, -0.1) is 0 Å². The molecule has 5 nitrogen and oxygen atoms in total. The third kappa shape index (κ3) is 2.34. The van der Waals surface area contributed by atoms with Gasteiger partial charge in [0, 0.05) is 31.0 Å². The number of hydrogen-bond acceptors (Lipinski definition) is 4. The van der Waals surface area contributed by atoms with E-state index in [1.54, 1.807) is 17.0 Å². The predicted octanol–water partition coefficient (Wildman–Crippen LogP) is 0.569. The minimum Gasteiger partial charge on any atom is -0.391 e. The summed E-state index contributed by atoms with van der Waals surface area (Å²) in [6.45, 7) is 7.14. The topological polar surface area (TPSA) is 58.4 Å². The van der Waals surface area contributed by atoms with E-state index in [0.717, 1.165) is 0 Å². The SMILES string of the molecule is CC(C)(C)n1ccnc(N2CC[C@@H](O)C2)c1=O. The zero-order chi connectivity index (χ0) is 12.6. The smallest absolute Gasteiger partial charge is 0.293 e. The molecule has 1 aromatic heterocycles. The molecular formula is C12H19N3O2. The summed E-state index contributed by atoms with van der Waals surface area (Å²) in [5, 5.41) is 9.50. The molecule has 1 N–H and O–H groups in total. The number of anilines is 1. The minimum absolute atomic E-state index is 0.0888. The summed E-state index contributed by atoms with van der Waals surface area (Å²) in [5.74, 6) is 0.443. The predicted molar refractivity (Wildman–Crippen MR) is 66.3 cm³/mol. The first-order valence-electron chi connectivity index (χ1n) is 5.91. The molecular weight excluding hydrogens is 218 g/mol. The summed E-state index contributed by atoms with van der Waals surface area (Å²) in [5.41, 5.74) is -0.346. The van der Waals surface area contributed by atoms with Crippen LogP contribution in [0.2, 0.25) is 0 Å². The van der Waals surface area contributed by atoms with Crippen molar-refractivity contribution < 1.29 is 5.11 Å². The summed E-state index contributed by atoms with van der Waals surface area (Å²) in [4.78, 5) is 18.3. The second-order valence-electron chi connectivity index (χ2n) is 5.49. The van der Waals surface area contributed by atoms with Crippen LogP contribution in [0.15, 0.2) is 17.2 Å². The zero-order valence-electron chi connectivity index (χ0n) is 10.6. The maximum absolute atomic E-state index is 12.3. The lowest BCUT2D eigenvalue weighted by molar-refractivity contribution is 0.198. The first kappa shape index (κ1) is 12.1. The van der Waals surface area contributed by atoms with Crippen LogP contribution in [0.5, 0.6) is 0 Å². The summed E-state index contributed by atoms with van der Waals surface area (Å²) in [6.07, 6.45) is 3.70. The number of aromatic nitrogens is 2. The van der Waals surface area contributed by atoms with Gasteiger partial charge in [-0.25, -0.2) is 4.98 Å². The molecule has 0 spiro atoms. The van der Waals surface area contributed by atoms with Gasteiger partial charge in [-0.1, -0.05) is 0 Å². The lowest BCUT2D eigenvalue weighted by Gasteiger charge is -2.24. The van der Waals surface area contributed by atoms with Gasteiger partial charge in [0.1, 0.15) is 0 Å². The van der Waals surface area contributed by atoms with Crippen molar-refractivity contribution in [1.29, 1.82) is 0 Å². The molecule has 1 atom stereocenters. The van der Waals surface area contributed by atoms with Crippen molar-refractivity contribution >= 4 is 5.82 Å². The van der Waals surface area contributed by atoms with Gasteiger partial charge in [0.2, 0.25) is 0 Å². The molecule has 0 amide bonds. The molecule has 0 saturated carbocycles. The molecule has 0 aliphatic carbocycles. The Morgan fingerprint density at radius 3 is 2.71 bits per heavy atom. The van der Waals surface area contributed by atoms with Gasteiger partial charge >= 0.3 is 0 Å². The number of hydrogen-bond donors (Lipinski definition) is 1. The highest BCUT2D eigenvalue weighted by Gasteiger charge is 2.25. The van der Waals surface area contributed by atoms with E-state index in [1.165, 1.54) is 0 Å². The summed E-state index contributed by atoms with van der Waals surface area (Å²) >= 11 is 0. The molecule has 2 rings (SSSR count). The molecule has 1 fully saturated rings. The Morgan fingerprint density at radius 2 is 2.18 bits per heavy atom. The number of nitrogens with zero attached hydrogens (tertiary/aromatic N) is 3. The molecule has 1 aromatic rings. The highest BCUT2D eigenvalue weighted by atomic mass is 16.3. The lowest BCUT2D eigenvalue weighted by Crippen LogP contribution is -2.38. The highest BCUT2D eigenvalue weighted by molar-refractivity contribution is 5.37. The third-order valence-corrected chi connectivity index (χ3v) is 3.01. The van der Waals surface area contributed by atoms with Crippen LogP contribution in [-0.2, 0) is 5.54 Å². The Kier molecular flexibility index (Phi) is 2.95. The molecule has 1 saturated heterocycles. The fourth-order valence-electron chi connectivity index (χ4n) is 2.08. The molecule has 5 heteroatoms. The van der Waals surface area contributed by atoms with Crippen molar-refractivity contribution in [3.05, 3.63) is 22.7 Å². The van der Waals surface area contributed by atoms with Crippen LogP contribution in [0.3, 0.4) is 0 Å². The van der Waals surface area contributed by atoms with Crippen LogP contribution in [0, 0.1) is 0 Å². The van der Waals surface area contributed by atoms with E-state index in [1.807, 2.05) is 25.7 Å². The Labute approximate surface area is 101 Å². The van der Waals surface area contributed by atoms with Gasteiger partial charge in [-0.3, -0.25) is 4.79 Å². The fourth-order valence-corrected chi connectivity index (χ4v) is 2.08. The number of β-amino-alcohol motifs (C(OH)–C–C–N with tert-alkyl or cyclic N) is 1. The maximum Gasteiger partial charge on any atom is 0.293 e. The van der Waals surface area contributed by atoms with Crippen molar-refractivity contribution in [3.63, 3.8) is 0 Å². The van der Waals surface area contributed by atoms with Crippen molar-refractivity contribution in [3.8, 4) is 0 Å². The minimum atomic E-state index is -0.348. The quantitative estimate of drug-likeness (QED) is 0.775. The molecule has 94 valence electrons.